The maximum atomic E-state index is 6.62. The van der Waals surface area contributed by atoms with Gasteiger partial charge in [0.25, 0.3) is 0 Å². The van der Waals surface area contributed by atoms with Crippen LogP contribution in [0.5, 0.6) is 0 Å². The van der Waals surface area contributed by atoms with Crippen LogP contribution in [-0.4, -0.2) is 0 Å². The van der Waals surface area contributed by atoms with Crippen LogP contribution in [0.4, 0.5) is 17.1 Å². The summed E-state index contributed by atoms with van der Waals surface area (Å²) in [6.45, 7) is 0. The Kier molecular flexibility index (Phi) is 6.81. The Hall–Kier alpha value is -6.84. The maximum Gasteiger partial charge on any atom is 0.143 e. The summed E-state index contributed by atoms with van der Waals surface area (Å²) in [7, 11) is 0. The molecule has 51 heavy (non-hydrogen) atoms. The van der Waals surface area contributed by atoms with Crippen LogP contribution in [0.25, 0.3) is 77.3 Å². The Morgan fingerprint density at radius 1 is 0.294 bits per heavy atom. The largest absolute Gasteiger partial charge is 0.456 e. The number of hydrogen-bond acceptors (Lipinski definition) is 3. The molecule has 10 aromatic rings. The molecule has 0 spiro atoms. The van der Waals surface area contributed by atoms with Crippen molar-refractivity contribution in [3.63, 3.8) is 0 Å². The van der Waals surface area contributed by atoms with Crippen LogP contribution in [0.2, 0.25) is 0 Å². The van der Waals surface area contributed by atoms with Gasteiger partial charge in [0.1, 0.15) is 22.3 Å². The Labute approximate surface area is 295 Å². The molecule has 0 fully saturated rings. The second-order valence-corrected chi connectivity index (χ2v) is 12.9. The predicted octanol–water partition coefficient (Wildman–Crippen LogP) is 14.0. The topological polar surface area (TPSA) is 29.5 Å². The number of hydrogen-bond donors (Lipinski definition) is 0. The summed E-state index contributed by atoms with van der Waals surface area (Å²) in [6, 6.07) is 66.1. The summed E-state index contributed by atoms with van der Waals surface area (Å²) in [6.07, 6.45) is 0. The predicted molar refractivity (Wildman–Crippen MR) is 212 cm³/mol. The second kappa shape index (κ2) is 11.9. The third-order valence-electron chi connectivity index (χ3n) is 9.88. The second-order valence-electron chi connectivity index (χ2n) is 12.9. The van der Waals surface area contributed by atoms with Crippen molar-refractivity contribution in [2.75, 3.05) is 4.90 Å². The number of fused-ring (bicyclic) bond motifs is 6. The smallest absolute Gasteiger partial charge is 0.143 e. The molecule has 0 saturated heterocycles. The molecule has 0 unspecified atom stereocenters. The minimum atomic E-state index is 0.841. The highest BCUT2D eigenvalue weighted by Crippen LogP contribution is 2.43. The third kappa shape index (κ3) is 5.06. The van der Waals surface area contributed by atoms with E-state index >= 15 is 0 Å². The van der Waals surface area contributed by atoms with Gasteiger partial charge in [0.15, 0.2) is 0 Å². The van der Waals surface area contributed by atoms with Crippen molar-refractivity contribution < 1.29 is 8.83 Å². The average Bonchev–Trinajstić information content (AvgIpc) is 3.75. The number of nitrogens with zero attached hydrogens (tertiary/aromatic N) is 1. The van der Waals surface area contributed by atoms with Crippen molar-refractivity contribution in [1.29, 1.82) is 0 Å². The van der Waals surface area contributed by atoms with E-state index in [1.54, 1.807) is 0 Å². The first-order valence-electron chi connectivity index (χ1n) is 17.2. The summed E-state index contributed by atoms with van der Waals surface area (Å²) in [5.74, 6) is 0. The summed E-state index contributed by atoms with van der Waals surface area (Å²) >= 11 is 0. The van der Waals surface area contributed by atoms with E-state index in [9.17, 15) is 0 Å². The van der Waals surface area contributed by atoms with Crippen LogP contribution < -0.4 is 4.90 Å². The highest BCUT2D eigenvalue weighted by atomic mass is 16.3. The molecule has 10 rings (SSSR count). The molecule has 3 nitrogen and oxygen atoms in total. The van der Waals surface area contributed by atoms with Crippen LogP contribution >= 0.6 is 0 Å². The molecular formula is C48H31NO2. The molecule has 0 radical (unpaired) electrons. The first-order chi connectivity index (χ1) is 25.3. The van der Waals surface area contributed by atoms with Gasteiger partial charge in [-0.2, -0.15) is 0 Å². The van der Waals surface area contributed by atoms with E-state index in [4.69, 9.17) is 8.83 Å². The zero-order valence-corrected chi connectivity index (χ0v) is 27.7. The minimum absolute atomic E-state index is 0.841. The van der Waals surface area contributed by atoms with Gasteiger partial charge in [0.2, 0.25) is 0 Å². The SMILES string of the molecule is c1ccc(-c2ccc(N(c3ccc(-c4ccccc4)cc3)c3ccc4oc5cc6c(cc5c4c3)oc3c(-c4ccccc4)cccc36)cc2)cc1. The van der Waals surface area contributed by atoms with Crippen molar-refractivity contribution in [2.45, 2.75) is 0 Å². The fraction of sp³-hybridized carbons (Fsp3) is 0. The molecule has 0 aliphatic heterocycles. The van der Waals surface area contributed by atoms with Gasteiger partial charge in [-0.25, -0.2) is 0 Å². The molecule has 2 heterocycles. The van der Waals surface area contributed by atoms with Gasteiger partial charge in [-0.1, -0.05) is 133 Å². The minimum Gasteiger partial charge on any atom is -0.456 e. The van der Waals surface area contributed by atoms with Crippen LogP contribution in [-0.2, 0) is 0 Å². The van der Waals surface area contributed by atoms with E-state index < -0.39 is 0 Å². The summed E-state index contributed by atoms with van der Waals surface area (Å²) in [4.78, 5) is 2.31. The van der Waals surface area contributed by atoms with Crippen LogP contribution in [0.3, 0.4) is 0 Å². The maximum absolute atomic E-state index is 6.62. The molecule has 0 N–H and O–H groups in total. The summed E-state index contributed by atoms with van der Waals surface area (Å²) in [5, 5.41) is 4.20. The molecule has 2 aromatic heterocycles. The molecule has 0 aliphatic rings. The van der Waals surface area contributed by atoms with E-state index in [0.29, 0.717) is 0 Å². The average molecular weight is 654 g/mol. The first kappa shape index (κ1) is 29.1. The normalized spacial score (nSPS) is 11.5. The number of para-hydroxylation sites is 1. The van der Waals surface area contributed by atoms with E-state index in [1.165, 1.54) is 22.3 Å². The molecule has 0 amide bonds. The lowest BCUT2D eigenvalue weighted by atomic mass is 10.0. The highest BCUT2D eigenvalue weighted by Gasteiger charge is 2.19. The number of anilines is 3. The molecule has 0 atom stereocenters. The quantitative estimate of drug-likeness (QED) is 0.179. The van der Waals surface area contributed by atoms with Crippen molar-refractivity contribution in [1.82, 2.24) is 0 Å². The van der Waals surface area contributed by atoms with Gasteiger partial charge in [-0.3, -0.25) is 0 Å². The van der Waals surface area contributed by atoms with Crippen molar-refractivity contribution in [3.05, 3.63) is 188 Å². The molecule has 0 aliphatic carbocycles. The third-order valence-corrected chi connectivity index (χ3v) is 9.88. The molecule has 3 heteroatoms. The zero-order valence-electron chi connectivity index (χ0n) is 27.7. The number of rotatable bonds is 6. The van der Waals surface area contributed by atoms with Crippen molar-refractivity contribution in [2.24, 2.45) is 0 Å². The van der Waals surface area contributed by atoms with Crippen LogP contribution in [0, 0.1) is 0 Å². The number of benzene rings is 8. The van der Waals surface area contributed by atoms with Gasteiger partial charge >= 0.3 is 0 Å². The Balaban J connectivity index is 1.11. The van der Waals surface area contributed by atoms with Crippen LogP contribution in [0.1, 0.15) is 0 Å². The molecule has 8 aromatic carbocycles. The fourth-order valence-corrected chi connectivity index (χ4v) is 7.35. The molecule has 240 valence electrons. The van der Waals surface area contributed by atoms with Gasteiger partial charge in [0.05, 0.1) is 0 Å². The van der Waals surface area contributed by atoms with Gasteiger partial charge in [0, 0.05) is 44.2 Å². The van der Waals surface area contributed by atoms with E-state index in [1.807, 2.05) is 6.07 Å². The lowest BCUT2D eigenvalue weighted by Gasteiger charge is -2.26. The standard InChI is InChI=1S/C48H31NO2/c1-4-11-32(12-5-1)34-19-23-37(24-20-34)49(38-25-21-35(22-26-38)33-13-6-2-7-14-33)39-27-28-45-42(29-39)44-31-47-43(30-46(44)50-45)41-18-10-17-40(48(41)51-47)36-15-8-3-9-16-36/h1-31H. The molecular weight excluding hydrogens is 623 g/mol. The fourth-order valence-electron chi connectivity index (χ4n) is 7.35. The summed E-state index contributed by atoms with van der Waals surface area (Å²) < 4.78 is 13.1. The van der Waals surface area contributed by atoms with Gasteiger partial charge in [-0.05, 0) is 82.4 Å². The Morgan fingerprint density at radius 3 is 1.35 bits per heavy atom. The number of furan rings is 2. The van der Waals surface area contributed by atoms with Gasteiger partial charge < -0.3 is 13.7 Å². The Bertz CT molecular complexity index is 2730. The van der Waals surface area contributed by atoms with E-state index in [-0.39, 0.29) is 0 Å². The lowest BCUT2D eigenvalue weighted by Crippen LogP contribution is -2.09. The first-order valence-corrected chi connectivity index (χ1v) is 17.2. The zero-order chi connectivity index (χ0) is 33.7. The highest BCUT2D eigenvalue weighted by molar-refractivity contribution is 6.17. The summed E-state index contributed by atoms with van der Waals surface area (Å²) in [5.41, 5.74) is 13.6. The van der Waals surface area contributed by atoms with E-state index in [0.717, 1.165) is 72.1 Å². The van der Waals surface area contributed by atoms with Crippen molar-refractivity contribution in [3.8, 4) is 33.4 Å². The molecule has 0 saturated carbocycles. The van der Waals surface area contributed by atoms with E-state index in [2.05, 4.69) is 187 Å². The monoisotopic (exact) mass is 653 g/mol. The molecule has 0 bridgehead atoms. The Morgan fingerprint density at radius 2 is 0.765 bits per heavy atom. The van der Waals surface area contributed by atoms with Crippen molar-refractivity contribution >= 4 is 60.9 Å². The van der Waals surface area contributed by atoms with Crippen LogP contribution in [0.15, 0.2) is 197 Å². The van der Waals surface area contributed by atoms with Gasteiger partial charge in [-0.15, -0.1) is 0 Å². The lowest BCUT2D eigenvalue weighted by molar-refractivity contribution is 0.664.